The van der Waals surface area contributed by atoms with Crippen LogP contribution in [0.4, 0.5) is 11.5 Å². The number of pyridine rings is 2. The first-order chi connectivity index (χ1) is 24.9. The number of piperidine rings is 1. The molecule has 1 saturated carbocycles. The van der Waals surface area contributed by atoms with Crippen molar-refractivity contribution in [2.24, 2.45) is 5.92 Å². The first-order valence-electron chi connectivity index (χ1n) is 17.6. The Morgan fingerprint density at radius 1 is 0.961 bits per heavy atom. The lowest BCUT2D eigenvalue weighted by Gasteiger charge is -2.38. The van der Waals surface area contributed by atoms with Crippen molar-refractivity contribution in [1.29, 1.82) is 5.26 Å². The molecule has 14 heteroatoms. The third-order valence-electron chi connectivity index (χ3n) is 10.6. The van der Waals surface area contributed by atoms with Crippen molar-refractivity contribution in [1.82, 2.24) is 40.0 Å². The highest BCUT2D eigenvalue weighted by Crippen LogP contribution is 2.40. The maximum atomic E-state index is 12.2. The van der Waals surface area contributed by atoms with Crippen LogP contribution in [0.3, 0.4) is 0 Å². The molecule has 260 valence electrons. The number of hydrogen-bond donors (Lipinski definition) is 2. The molecule has 2 saturated heterocycles. The number of carbonyl (C=O) groups excluding carboxylic acids is 2. The molecular weight excluding hydrogens is 663 g/mol. The quantitative estimate of drug-likeness (QED) is 0.213. The van der Waals surface area contributed by atoms with Crippen LogP contribution in [0.25, 0.3) is 27.5 Å². The summed E-state index contributed by atoms with van der Waals surface area (Å²) in [6.07, 6.45) is 10.8. The average molecular weight is 702 g/mol. The lowest BCUT2D eigenvalue weighted by molar-refractivity contribution is -0.134. The van der Waals surface area contributed by atoms with Crippen molar-refractivity contribution < 1.29 is 9.59 Å². The number of rotatable bonds is 8. The number of nitriles is 1. The maximum absolute atomic E-state index is 12.2. The number of carbonyl (C=O) groups is 2. The van der Waals surface area contributed by atoms with Gasteiger partial charge in [0.05, 0.1) is 40.1 Å². The second-order valence-electron chi connectivity index (χ2n) is 13.7. The van der Waals surface area contributed by atoms with Crippen molar-refractivity contribution in [3.8, 4) is 28.0 Å². The van der Waals surface area contributed by atoms with E-state index in [0.29, 0.717) is 30.2 Å². The van der Waals surface area contributed by atoms with Crippen molar-refractivity contribution in [3.05, 3.63) is 71.1 Å². The molecule has 13 nitrogen and oxygen atoms in total. The number of amides is 2. The Morgan fingerprint density at radius 3 is 2.55 bits per heavy atom. The number of imide groups is 1. The van der Waals surface area contributed by atoms with Gasteiger partial charge >= 0.3 is 0 Å². The average Bonchev–Trinajstić information content (AvgIpc) is 3.83. The molecule has 1 unspecified atom stereocenters. The smallest absolute Gasteiger partial charge is 0.234 e. The molecule has 2 aliphatic heterocycles. The fraction of sp³-hybridized carbons (Fsp3) is 0.405. The zero-order chi connectivity index (χ0) is 34.9. The van der Waals surface area contributed by atoms with E-state index in [0.717, 1.165) is 95.1 Å². The second kappa shape index (κ2) is 14.2. The van der Waals surface area contributed by atoms with E-state index in [2.05, 4.69) is 46.8 Å². The molecule has 51 heavy (non-hydrogen) atoms. The summed E-state index contributed by atoms with van der Waals surface area (Å²) < 4.78 is 1.80. The van der Waals surface area contributed by atoms with Gasteiger partial charge in [0.2, 0.25) is 11.8 Å². The lowest BCUT2D eigenvalue weighted by atomic mass is 9.82. The van der Waals surface area contributed by atoms with Gasteiger partial charge in [-0.2, -0.15) is 10.4 Å². The Bertz CT molecular complexity index is 2100. The second-order valence-corrected chi connectivity index (χ2v) is 14.7. The van der Waals surface area contributed by atoms with Gasteiger partial charge in [-0.1, -0.05) is 17.4 Å². The van der Waals surface area contributed by atoms with E-state index in [9.17, 15) is 14.9 Å². The summed E-state index contributed by atoms with van der Waals surface area (Å²) in [6, 6.07) is 13.9. The standard InChI is InChI=1S/C37H39N11O2S/c1-39-30-17-31(32-9-7-27-16-24(18-38)19-42-48(27)32)40-21-29(30)37-45-44-36(51-37)25-4-2-23(3-5-25)22-46-12-14-47(15-13-46)33-10-6-26(20-41-33)28-8-11-34(49)43-35(28)50/h6-7,9-10,16-17,19-21,23,25,28H,2-5,8,11-15,22H2,1H3,(H,39,40)(H,43,49,50). The Balaban J connectivity index is 0.834. The van der Waals surface area contributed by atoms with Gasteiger partial charge in [-0.05, 0) is 73.9 Å². The fourth-order valence-electron chi connectivity index (χ4n) is 7.65. The van der Waals surface area contributed by atoms with E-state index in [1.165, 1.54) is 12.8 Å². The SMILES string of the molecule is CNc1cc(-c2ccc3cc(C#N)cnn23)ncc1-c1nnc(C2CCC(CN3CCN(c4ccc(C5CCC(=O)NC5=O)cn4)CC3)CC2)s1. The number of aromatic nitrogens is 6. The highest BCUT2D eigenvalue weighted by atomic mass is 32.1. The minimum absolute atomic E-state index is 0.197. The van der Waals surface area contributed by atoms with E-state index in [1.807, 2.05) is 49.6 Å². The van der Waals surface area contributed by atoms with E-state index in [-0.39, 0.29) is 17.7 Å². The van der Waals surface area contributed by atoms with E-state index >= 15 is 0 Å². The van der Waals surface area contributed by atoms with Crippen molar-refractivity contribution >= 4 is 40.2 Å². The summed E-state index contributed by atoms with van der Waals surface area (Å²) >= 11 is 1.67. The van der Waals surface area contributed by atoms with Gasteiger partial charge in [-0.3, -0.25) is 24.8 Å². The van der Waals surface area contributed by atoms with Crippen LogP contribution in [-0.2, 0) is 9.59 Å². The minimum atomic E-state index is -0.302. The molecule has 3 aliphatic rings. The van der Waals surface area contributed by atoms with Gasteiger partial charge in [0.1, 0.15) is 16.9 Å². The van der Waals surface area contributed by atoms with E-state index in [4.69, 9.17) is 4.98 Å². The number of nitrogens with zero attached hydrogens (tertiary/aromatic N) is 9. The number of fused-ring (bicyclic) bond motifs is 1. The Labute approximate surface area is 299 Å². The van der Waals surface area contributed by atoms with Gasteiger partial charge in [0.15, 0.2) is 5.01 Å². The van der Waals surface area contributed by atoms with Crippen LogP contribution in [0.15, 0.2) is 55.0 Å². The molecule has 0 spiro atoms. The van der Waals surface area contributed by atoms with Crippen LogP contribution in [0, 0.1) is 17.2 Å². The number of hydrogen-bond acceptors (Lipinski definition) is 12. The maximum Gasteiger partial charge on any atom is 0.234 e. The lowest BCUT2D eigenvalue weighted by Crippen LogP contribution is -2.48. The molecule has 0 bridgehead atoms. The van der Waals surface area contributed by atoms with E-state index in [1.54, 1.807) is 28.2 Å². The van der Waals surface area contributed by atoms with Crippen LogP contribution in [0.2, 0.25) is 0 Å². The number of nitrogens with one attached hydrogen (secondary N) is 2. The van der Waals surface area contributed by atoms with Crippen molar-refractivity contribution in [3.63, 3.8) is 0 Å². The third kappa shape index (κ3) is 6.79. The number of anilines is 2. The molecule has 3 fully saturated rings. The monoisotopic (exact) mass is 701 g/mol. The van der Waals surface area contributed by atoms with Gasteiger partial charge in [0, 0.05) is 70.2 Å². The van der Waals surface area contributed by atoms with Gasteiger partial charge < -0.3 is 10.2 Å². The molecule has 5 aromatic rings. The van der Waals surface area contributed by atoms with Crippen molar-refractivity contribution in [2.75, 3.05) is 50.0 Å². The van der Waals surface area contributed by atoms with Gasteiger partial charge in [-0.15, -0.1) is 10.2 Å². The molecule has 1 aliphatic carbocycles. The molecule has 8 rings (SSSR count). The van der Waals surface area contributed by atoms with E-state index < -0.39 is 0 Å². The minimum Gasteiger partial charge on any atom is -0.387 e. The van der Waals surface area contributed by atoms with Crippen LogP contribution in [-0.4, -0.2) is 86.3 Å². The normalized spacial score (nSPS) is 21.4. The molecular formula is C37H39N11O2S. The highest BCUT2D eigenvalue weighted by molar-refractivity contribution is 7.14. The van der Waals surface area contributed by atoms with Gasteiger partial charge in [0.25, 0.3) is 0 Å². The third-order valence-corrected chi connectivity index (χ3v) is 11.7. The molecule has 5 aromatic heterocycles. The fourth-order valence-corrected chi connectivity index (χ4v) is 8.69. The van der Waals surface area contributed by atoms with Crippen molar-refractivity contribution in [2.45, 2.75) is 50.4 Å². The number of piperazine rings is 1. The van der Waals surface area contributed by atoms with Crippen LogP contribution < -0.4 is 15.5 Å². The molecule has 1 atom stereocenters. The summed E-state index contributed by atoms with van der Waals surface area (Å²) in [4.78, 5) is 38.1. The molecule has 0 aromatic carbocycles. The zero-order valence-electron chi connectivity index (χ0n) is 28.5. The Kier molecular flexibility index (Phi) is 9.14. The predicted octanol–water partition coefficient (Wildman–Crippen LogP) is 4.84. The van der Waals surface area contributed by atoms with Crippen LogP contribution in [0.1, 0.15) is 66.5 Å². The molecule has 2 N–H and O–H groups in total. The van der Waals surface area contributed by atoms with Crippen LogP contribution in [0.5, 0.6) is 0 Å². The zero-order valence-corrected chi connectivity index (χ0v) is 29.3. The molecule has 7 heterocycles. The summed E-state index contributed by atoms with van der Waals surface area (Å²) in [5.41, 5.74) is 5.72. The van der Waals surface area contributed by atoms with Gasteiger partial charge in [-0.25, -0.2) is 9.50 Å². The first kappa shape index (κ1) is 32.9. The molecule has 0 radical (unpaired) electrons. The summed E-state index contributed by atoms with van der Waals surface area (Å²) in [5.74, 6) is 1.34. The summed E-state index contributed by atoms with van der Waals surface area (Å²) in [7, 11) is 1.90. The Hall–Kier alpha value is -5.26. The highest BCUT2D eigenvalue weighted by Gasteiger charge is 2.30. The molecule has 2 amide bonds. The predicted molar refractivity (Wildman–Crippen MR) is 194 cm³/mol. The first-order valence-corrected chi connectivity index (χ1v) is 18.4. The summed E-state index contributed by atoms with van der Waals surface area (Å²) in [5, 5.41) is 30.6. The summed E-state index contributed by atoms with van der Waals surface area (Å²) in [6.45, 7) is 5.01. The topological polar surface area (TPSA) is 157 Å². The Morgan fingerprint density at radius 2 is 1.80 bits per heavy atom. The largest absolute Gasteiger partial charge is 0.387 e. The van der Waals surface area contributed by atoms with Crippen LogP contribution >= 0.6 is 11.3 Å².